The molecule has 4 N–H and O–H groups in total. The Balaban J connectivity index is 1.50. The van der Waals surface area contributed by atoms with E-state index in [1.165, 1.54) is 0 Å². The molecule has 0 spiro atoms. The van der Waals surface area contributed by atoms with Gasteiger partial charge in [-0.1, -0.05) is 159 Å². The van der Waals surface area contributed by atoms with Gasteiger partial charge in [-0.05, 0) is 62.8 Å². The van der Waals surface area contributed by atoms with E-state index >= 15 is 0 Å². The molecule has 66 heavy (non-hydrogen) atoms. The van der Waals surface area contributed by atoms with Gasteiger partial charge in [-0.3, -0.25) is 4.79 Å². The van der Waals surface area contributed by atoms with Crippen molar-refractivity contribution in [1.29, 1.82) is 0 Å². The molecule has 0 aliphatic heterocycles. The van der Waals surface area contributed by atoms with E-state index in [1.54, 1.807) is 27.7 Å². The van der Waals surface area contributed by atoms with Crippen LogP contribution in [0.4, 0.5) is 9.59 Å². The van der Waals surface area contributed by atoms with E-state index in [-0.39, 0.29) is 24.6 Å². The molecule has 352 valence electrons. The van der Waals surface area contributed by atoms with Gasteiger partial charge in [-0.25, -0.2) is 14.4 Å². The van der Waals surface area contributed by atoms with Gasteiger partial charge in [0.2, 0.25) is 5.91 Å². The smallest absolute Gasteiger partial charge is 0.408 e. The number of aromatic nitrogens is 2. The van der Waals surface area contributed by atoms with Crippen LogP contribution in [0.3, 0.4) is 0 Å². The molecule has 0 aliphatic rings. The molecule has 5 aromatic rings. The van der Waals surface area contributed by atoms with Gasteiger partial charge >= 0.3 is 18.1 Å². The molecular formula is C51H64N6O8S. The Bertz CT molecular complexity index is 2150. The minimum absolute atomic E-state index is 0.00976. The molecule has 4 atom stereocenters. The highest BCUT2D eigenvalue weighted by atomic mass is 32.1. The number of hydrogen-bond donors (Lipinski definition) is 4. The van der Waals surface area contributed by atoms with E-state index in [4.69, 9.17) is 18.9 Å². The Morgan fingerprint density at radius 1 is 0.667 bits per heavy atom. The molecule has 0 aliphatic carbocycles. The van der Waals surface area contributed by atoms with Crippen molar-refractivity contribution in [3.63, 3.8) is 0 Å². The van der Waals surface area contributed by atoms with Crippen LogP contribution in [0.2, 0.25) is 0 Å². The maximum Gasteiger partial charge on any atom is 0.408 e. The standard InChI is InChI=1S/C51H64N6O8S/c1-7-9-31-62-35-42(53-49(61)65-50(4,5)6)46-57-56-45(66-46)41(52-48(60)54-44(36(3)63-32-10-8-2)47(59)64-34-37-23-15-11-16-24-37)33-43(58)55-51(38-25-17-12-18-26-38,39-27-19-13-20-28-39)40-29-21-14-22-30-40/h11-30,36,41-42,44H,7-10,31-35H2,1-6H3,(H,53,61)(H,55,58)(H2,52,54,60)/t36?,41-,42-,44-/m0/s1. The van der Waals surface area contributed by atoms with Gasteiger partial charge in [0.1, 0.15) is 33.8 Å². The fraction of sp³-hybridized carbons (Fsp3) is 0.412. The van der Waals surface area contributed by atoms with Gasteiger partial charge in [0.25, 0.3) is 0 Å². The number of unbranched alkanes of at least 4 members (excludes halogenated alkanes) is 2. The van der Waals surface area contributed by atoms with Crippen LogP contribution in [-0.2, 0) is 40.7 Å². The van der Waals surface area contributed by atoms with E-state index in [1.807, 2.05) is 128 Å². The van der Waals surface area contributed by atoms with Crippen molar-refractivity contribution in [1.82, 2.24) is 31.5 Å². The maximum absolute atomic E-state index is 14.9. The molecule has 4 aromatic carbocycles. The van der Waals surface area contributed by atoms with Crippen molar-refractivity contribution in [3.05, 3.63) is 154 Å². The Kier molecular flexibility index (Phi) is 19.6. The summed E-state index contributed by atoms with van der Waals surface area (Å²) in [4.78, 5) is 55.9. The van der Waals surface area contributed by atoms with Crippen molar-refractivity contribution in [2.24, 2.45) is 0 Å². The molecule has 4 amide bonds. The number of carbonyl (C=O) groups is 4. The topological polar surface area (TPSA) is 179 Å². The van der Waals surface area contributed by atoms with E-state index < -0.39 is 59.4 Å². The summed E-state index contributed by atoms with van der Waals surface area (Å²) in [6.45, 7) is 12.0. The molecule has 15 heteroatoms. The third kappa shape index (κ3) is 15.2. The zero-order valence-electron chi connectivity index (χ0n) is 38.8. The molecule has 0 radical (unpaired) electrons. The van der Waals surface area contributed by atoms with Gasteiger partial charge in [-0.2, -0.15) is 0 Å². The zero-order valence-corrected chi connectivity index (χ0v) is 39.6. The zero-order chi connectivity index (χ0) is 47.4. The molecule has 1 unspecified atom stereocenters. The highest BCUT2D eigenvalue weighted by molar-refractivity contribution is 7.11. The lowest BCUT2D eigenvalue weighted by Gasteiger charge is -2.37. The first kappa shape index (κ1) is 50.8. The van der Waals surface area contributed by atoms with Crippen molar-refractivity contribution >= 4 is 35.3 Å². The van der Waals surface area contributed by atoms with Gasteiger partial charge in [0, 0.05) is 13.2 Å². The van der Waals surface area contributed by atoms with Crippen molar-refractivity contribution in [3.8, 4) is 0 Å². The van der Waals surface area contributed by atoms with Crippen LogP contribution in [0.1, 0.15) is 118 Å². The molecular weight excluding hydrogens is 857 g/mol. The van der Waals surface area contributed by atoms with Gasteiger partial charge in [-0.15, -0.1) is 10.2 Å². The molecule has 0 saturated carbocycles. The van der Waals surface area contributed by atoms with E-state index in [0.717, 1.165) is 59.3 Å². The van der Waals surface area contributed by atoms with Gasteiger partial charge in [0.15, 0.2) is 6.04 Å². The minimum atomic E-state index is -1.21. The van der Waals surface area contributed by atoms with Crippen LogP contribution in [0.5, 0.6) is 0 Å². The molecule has 0 bridgehead atoms. The van der Waals surface area contributed by atoms with E-state index in [0.29, 0.717) is 18.2 Å². The molecule has 5 rings (SSSR count). The maximum atomic E-state index is 14.9. The first-order chi connectivity index (χ1) is 31.8. The second kappa shape index (κ2) is 25.5. The number of rotatable bonds is 24. The number of urea groups is 1. The number of hydrogen-bond acceptors (Lipinski definition) is 11. The largest absolute Gasteiger partial charge is 0.459 e. The Morgan fingerprint density at radius 2 is 1.18 bits per heavy atom. The predicted molar refractivity (Wildman–Crippen MR) is 254 cm³/mol. The molecule has 1 aromatic heterocycles. The average Bonchev–Trinajstić information content (AvgIpc) is 3.81. The van der Waals surface area contributed by atoms with E-state index in [2.05, 4.69) is 38.4 Å². The predicted octanol–water partition coefficient (Wildman–Crippen LogP) is 9.08. The fourth-order valence-electron chi connectivity index (χ4n) is 7.06. The summed E-state index contributed by atoms with van der Waals surface area (Å²) in [6.07, 6.45) is 1.61. The lowest BCUT2D eigenvalue weighted by atomic mass is 9.77. The van der Waals surface area contributed by atoms with Crippen LogP contribution >= 0.6 is 11.3 Å². The van der Waals surface area contributed by atoms with Crippen molar-refractivity contribution in [2.75, 3.05) is 19.8 Å². The molecule has 14 nitrogen and oxygen atoms in total. The summed E-state index contributed by atoms with van der Waals surface area (Å²) in [7, 11) is 0. The normalized spacial score (nSPS) is 13.4. The summed E-state index contributed by atoms with van der Waals surface area (Å²) >= 11 is 1.10. The summed E-state index contributed by atoms with van der Waals surface area (Å²) in [6, 6.07) is 34.4. The number of amides is 4. The Hall–Kier alpha value is -6.16. The molecule has 0 fully saturated rings. The van der Waals surface area contributed by atoms with E-state index in [9.17, 15) is 19.2 Å². The number of esters is 1. The second-order valence-electron chi connectivity index (χ2n) is 16.9. The van der Waals surface area contributed by atoms with Crippen molar-refractivity contribution in [2.45, 2.75) is 116 Å². The summed E-state index contributed by atoms with van der Waals surface area (Å²) in [5, 5.41) is 21.5. The lowest BCUT2D eigenvalue weighted by molar-refractivity contribution is -0.151. The summed E-state index contributed by atoms with van der Waals surface area (Å²) < 4.78 is 23.2. The van der Waals surface area contributed by atoms with Crippen LogP contribution < -0.4 is 21.3 Å². The van der Waals surface area contributed by atoms with Crippen LogP contribution in [0, 0.1) is 0 Å². The summed E-state index contributed by atoms with van der Waals surface area (Å²) in [5.41, 5.74) is 1.28. The number of carbonyl (C=O) groups excluding carboxylic acids is 4. The number of benzene rings is 4. The van der Waals surface area contributed by atoms with Crippen molar-refractivity contribution < 1.29 is 38.1 Å². The Labute approximate surface area is 392 Å². The van der Waals surface area contributed by atoms with Crippen LogP contribution in [-0.4, -0.2) is 71.8 Å². The third-order valence-corrected chi connectivity index (χ3v) is 11.6. The summed E-state index contributed by atoms with van der Waals surface area (Å²) in [5.74, 6) is -1.13. The van der Waals surface area contributed by atoms with Crippen LogP contribution in [0.15, 0.2) is 121 Å². The quantitative estimate of drug-likeness (QED) is 0.0265. The third-order valence-electron chi connectivity index (χ3n) is 10.4. The Morgan fingerprint density at radius 3 is 1.71 bits per heavy atom. The number of alkyl carbamates (subject to hydrolysis) is 1. The highest BCUT2D eigenvalue weighted by Gasteiger charge is 2.39. The van der Waals surface area contributed by atoms with Gasteiger partial charge < -0.3 is 40.2 Å². The minimum Gasteiger partial charge on any atom is -0.459 e. The first-order valence-corrected chi connectivity index (χ1v) is 23.4. The first-order valence-electron chi connectivity index (χ1n) is 22.6. The van der Waals surface area contributed by atoms with Crippen LogP contribution in [0.25, 0.3) is 0 Å². The van der Waals surface area contributed by atoms with Gasteiger partial charge in [0.05, 0.1) is 25.2 Å². The fourth-order valence-corrected chi connectivity index (χ4v) is 8.00. The number of nitrogens with zero attached hydrogens (tertiary/aromatic N) is 2. The molecule has 0 saturated heterocycles. The second-order valence-corrected chi connectivity index (χ2v) is 17.9. The number of nitrogens with one attached hydrogen (secondary N) is 4. The average molecular weight is 921 g/mol. The monoisotopic (exact) mass is 920 g/mol. The molecule has 1 heterocycles. The highest BCUT2D eigenvalue weighted by Crippen LogP contribution is 2.37. The SMILES string of the molecule is CCCCOC[C@H](NC(=O)OC(C)(C)C)c1nnc([C@H](CC(=O)NC(c2ccccc2)(c2ccccc2)c2ccccc2)NC(=O)N[C@H](C(=O)OCc2ccccc2)C(C)OCCCC)s1. The number of ether oxygens (including phenoxy) is 4. The lowest BCUT2D eigenvalue weighted by Crippen LogP contribution is -2.53.